The van der Waals surface area contributed by atoms with E-state index in [1.807, 2.05) is 30.7 Å². The van der Waals surface area contributed by atoms with Crippen LogP contribution in [0.15, 0.2) is 58.8 Å². The maximum absolute atomic E-state index is 14.5. The van der Waals surface area contributed by atoms with E-state index >= 15 is 0 Å². The van der Waals surface area contributed by atoms with Crippen LogP contribution in [0.1, 0.15) is 75.4 Å². The lowest BCUT2D eigenvalue weighted by molar-refractivity contribution is -0.201. The van der Waals surface area contributed by atoms with Gasteiger partial charge in [-0.05, 0) is 96.5 Å². The van der Waals surface area contributed by atoms with Gasteiger partial charge in [-0.1, -0.05) is 53.6 Å². The number of carboxylic acid groups (broad SMARTS) is 1. The second kappa shape index (κ2) is 17.9. The molecule has 4 fully saturated rings. The van der Waals surface area contributed by atoms with Crippen molar-refractivity contribution in [2.24, 2.45) is 28.6 Å². The molecule has 5 aliphatic rings. The van der Waals surface area contributed by atoms with Gasteiger partial charge in [-0.15, -0.1) is 0 Å². The number of aliphatic hydroxyl groups is 1. The minimum atomic E-state index is -5.05. The van der Waals surface area contributed by atoms with E-state index in [0.717, 1.165) is 16.7 Å². The Hall–Kier alpha value is -3.91. The molecule has 4 aliphatic carbocycles. The summed E-state index contributed by atoms with van der Waals surface area (Å²) >= 11 is 4.37. The number of ketones is 2. The van der Waals surface area contributed by atoms with Crippen molar-refractivity contribution in [2.45, 2.75) is 88.9 Å². The number of aliphatic hydroxyl groups excluding tert-OH is 1. The summed E-state index contributed by atoms with van der Waals surface area (Å²) in [5.41, 5.74) is 0.342. The Labute approximate surface area is 369 Å². The molecule has 0 bridgehead atoms. The van der Waals surface area contributed by atoms with Crippen LogP contribution in [0.25, 0.3) is 0 Å². The second-order valence-corrected chi connectivity index (χ2v) is 19.7. The molecule has 2 aromatic rings. The molecule has 1 aliphatic heterocycles. The molecule has 10 atom stereocenters. The van der Waals surface area contributed by atoms with E-state index in [4.69, 9.17) is 14.0 Å². The summed E-state index contributed by atoms with van der Waals surface area (Å²) in [6.07, 6.45) is 3.98. The Morgan fingerprint density at radius 2 is 1.84 bits per heavy atom. The first-order valence-electron chi connectivity index (χ1n) is 20.3. The molecule has 1 aromatic heterocycles. The Kier molecular flexibility index (Phi) is 13.3. The summed E-state index contributed by atoms with van der Waals surface area (Å²) < 4.78 is 30.2. The molecule has 17 nitrogen and oxygen atoms in total. The third kappa shape index (κ3) is 8.93. The summed E-state index contributed by atoms with van der Waals surface area (Å²) in [4.78, 5) is 94.4. The van der Waals surface area contributed by atoms with E-state index in [2.05, 4.69) is 31.9 Å². The SMILES string of the molecule is C[C@]12C=CC(=O)C=C1CC[C@@H]1[C@@H]2[C@@H](O)C[C@@]2(C)[C@H]1C[C@H]1O[C@@H](c3cscc3Cc3ccc(NC(=O)[C@H](CCC(=O)O)NC(=O)CNC(=O)CBr)cc3)O[C@]12C(=O)COP(=O)(O)O. The standard InChI is InChI=1S/C42H49BrN3O14PS/c1-40-12-11-26(47)14-24(40)5-8-27-29-15-33-42(32(49)19-58-61(55,56)57,41(29,2)16-31(48)37(27)40)60-39(59-33)28-21-62-20-23(28)13-22-3-6-25(7-4-22)45-38(54)30(9-10-36(52)53)46-35(51)18-44-34(50)17-43/h3-4,6-7,11-12,14,20-21,27,29-31,33,37,39,48H,5,8-10,13,15-19H2,1-2H3,(H,44,50)(H,45,54)(H,46,51)(H,52,53)(H2,55,56,57)/t27-,29-,30-,31-,33+,37+,39+,40-,41-,42+/m0/s1. The predicted molar refractivity (Wildman–Crippen MR) is 226 cm³/mol. The summed E-state index contributed by atoms with van der Waals surface area (Å²) in [6, 6.07) is 5.68. The number of thiophene rings is 1. The Morgan fingerprint density at radius 1 is 1.10 bits per heavy atom. The highest BCUT2D eigenvalue weighted by Gasteiger charge is 2.76. The number of fused-ring (bicyclic) bond motifs is 7. The van der Waals surface area contributed by atoms with Crippen molar-refractivity contribution in [3.63, 3.8) is 0 Å². The Bertz CT molecular complexity index is 2240. The number of phosphoric ester groups is 1. The van der Waals surface area contributed by atoms with Crippen molar-refractivity contribution in [2.75, 3.05) is 23.8 Å². The average Bonchev–Trinajstić information content (AvgIpc) is 3.90. The van der Waals surface area contributed by atoms with Crippen LogP contribution >= 0.6 is 35.1 Å². The summed E-state index contributed by atoms with van der Waals surface area (Å²) in [7, 11) is -5.05. The zero-order valence-electron chi connectivity index (χ0n) is 33.9. The molecule has 7 N–H and O–H groups in total. The number of amides is 3. The molecule has 7 rings (SSSR count). The maximum atomic E-state index is 14.5. The minimum absolute atomic E-state index is 0.0207. The molecule has 1 saturated heterocycles. The predicted octanol–water partition coefficient (Wildman–Crippen LogP) is 3.86. The van der Waals surface area contributed by atoms with Gasteiger partial charge in [-0.3, -0.25) is 33.3 Å². The van der Waals surface area contributed by atoms with Crippen molar-refractivity contribution in [3.05, 3.63) is 75.5 Å². The van der Waals surface area contributed by atoms with Crippen LogP contribution < -0.4 is 16.0 Å². The van der Waals surface area contributed by atoms with Crippen molar-refractivity contribution >= 4 is 76.0 Å². The number of halogens is 1. The number of benzene rings is 1. The monoisotopic (exact) mass is 961 g/mol. The summed E-state index contributed by atoms with van der Waals surface area (Å²) in [6.45, 7) is 2.61. The number of aliphatic carboxylic acids is 1. The molecule has 62 heavy (non-hydrogen) atoms. The van der Waals surface area contributed by atoms with Gasteiger partial charge in [0.2, 0.25) is 17.7 Å². The number of hydrogen-bond donors (Lipinski definition) is 7. The number of alkyl halides is 1. The van der Waals surface area contributed by atoms with Crippen LogP contribution in [0.5, 0.6) is 0 Å². The van der Waals surface area contributed by atoms with E-state index in [1.165, 1.54) is 11.3 Å². The van der Waals surface area contributed by atoms with E-state index in [9.17, 15) is 53.3 Å². The number of carbonyl (C=O) groups is 6. The van der Waals surface area contributed by atoms with Crippen LogP contribution in [-0.4, -0.2) is 97.6 Å². The van der Waals surface area contributed by atoms with Gasteiger partial charge in [0.05, 0.1) is 24.1 Å². The van der Waals surface area contributed by atoms with E-state index in [-0.39, 0.29) is 48.1 Å². The topological polar surface area (TPSA) is 264 Å². The highest BCUT2D eigenvalue weighted by molar-refractivity contribution is 9.09. The summed E-state index contributed by atoms with van der Waals surface area (Å²) in [5.74, 6) is -4.17. The molecule has 334 valence electrons. The lowest BCUT2D eigenvalue weighted by Crippen LogP contribution is -2.63. The fourth-order valence-corrected chi connectivity index (χ4v) is 12.1. The van der Waals surface area contributed by atoms with Crippen LogP contribution in [0.4, 0.5) is 5.69 Å². The largest absolute Gasteiger partial charge is 0.481 e. The van der Waals surface area contributed by atoms with Gasteiger partial charge < -0.3 is 45.4 Å². The molecule has 1 aromatic carbocycles. The van der Waals surface area contributed by atoms with Gasteiger partial charge in [0.25, 0.3) is 0 Å². The smallest absolute Gasteiger partial charge is 0.470 e. The second-order valence-electron chi connectivity index (χ2n) is 17.1. The zero-order chi connectivity index (χ0) is 44.8. The van der Waals surface area contributed by atoms with E-state index in [0.29, 0.717) is 36.9 Å². The fourth-order valence-electron chi connectivity index (χ4n) is 10.8. The molecule has 2 heterocycles. The van der Waals surface area contributed by atoms with Crippen molar-refractivity contribution in [1.29, 1.82) is 0 Å². The van der Waals surface area contributed by atoms with Gasteiger partial charge >= 0.3 is 13.8 Å². The number of carboxylic acids is 1. The lowest BCUT2D eigenvalue weighted by atomic mass is 9.46. The van der Waals surface area contributed by atoms with Crippen molar-refractivity contribution < 1.29 is 67.3 Å². The average molecular weight is 963 g/mol. The summed E-state index contributed by atoms with van der Waals surface area (Å²) in [5, 5.41) is 32.5. The number of ether oxygens (including phenoxy) is 2. The first kappa shape index (κ1) is 46.1. The highest BCUT2D eigenvalue weighted by Crippen LogP contribution is 2.70. The molecular formula is C42H49BrN3O14PS. The van der Waals surface area contributed by atoms with E-state index < -0.39 is 91.4 Å². The van der Waals surface area contributed by atoms with Crippen molar-refractivity contribution in [3.8, 4) is 0 Å². The number of allylic oxidation sites excluding steroid dienone is 4. The zero-order valence-corrected chi connectivity index (χ0v) is 37.2. The molecule has 0 spiro atoms. The Morgan fingerprint density at radius 3 is 2.53 bits per heavy atom. The fraction of sp³-hybridized carbons (Fsp3) is 0.524. The molecule has 3 amide bonds. The van der Waals surface area contributed by atoms with Gasteiger partial charge in [-0.25, -0.2) is 4.57 Å². The van der Waals surface area contributed by atoms with Gasteiger partial charge in [0.1, 0.15) is 12.6 Å². The van der Waals surface area contributed by atoms with Crippen LogP contribution in [0.3, 0.4) is 0 Å². The van der Waals surface area contributed by atoms with Gasteiger partial charge in [0.15, 0.2) is 23.5 Å². The first-order valence-corrected chi connectivity index (χ1v) is 23.8. The number of phosphoric acid groups is 1. The lowest BCUT2D eigenvalue weighted by Gasteiger charge is -2.59. The first-order chi connectivity index (χ1) is 29.3. The molecule has 0 radical (unpaired) electrons. The minimum Gasteiger partial charge on any atom is -0.481 e. The third-order valence-electron chi connectivity index (χ3n) is 13.5. The quantitative estimate of drug-likeness (QED) is 0.0932. The van der Waals surface area contributed by atoms with Gasteiger partial charge in [-0.2, -0.15) is 11.3 Å². The molecule has 0 unspecified atom stereocenters. The number of Topliss-reactive ketones (excluding diaryl/α,β-unsaturated/α-hetero) is 1. The molecular weight excluding hydrogens is 913 g/mol. The third-order valence-corrected chi connectivity index (χ3v) is 15.3. The van der Waals surface area contributed by atoms with Crippen LogP contribution in [0, 0.1) is 28.6 Å². The molecule has 20 heteroatoms. The van der Waals surface area contributed by atoms with E-state index in [1.54, 1.807) is 36.4 Å². The number of anilines is 1. The number of nitrogens with one attached hydrogen (secondary N) is 3. The number of carbonyl (C=O) groups excluding carboxylic acids is 5. The van der Waals surface area contributed by atoms with Gasteiger partial charge in [0, 0.05) is 34.4 Å². The van der Waals surface area contributed by atoms with Crippen LogP contribution in [0.2, 0.25) is 0 Å². The Balaban J connectivity index is 1.08. The number of rotatable bonds is 16. The number of hydrogen-bond acceptors (Lipinski definition) is 12. The normalized spacial score (nSPS) is 31.5. The highest BCUT2D eigenvalue weighted by atomic mass is 79.9. The van der Waals surface area contributed by atoms with Crippen LogP contribution in [-0.2, 0) is 53.8 Å². The van der Waals surface area contributed by atoms with Crippen molar-refractivity contribution in [1.82, 2.24) is 10.6 Å². The molecule has 3 saturated carbocycles. The maximum Gasteiger partial charge on any atom is 0.470 e.